The van der Waals surface area contributed by atoms with Gasteiger partial charge in [-0.3, -0.25) is 4.90 Å². The lowest BCUT2D eigenvalue weighted by molar-refractivity contribution is 0.0555. The van der Waals surface area contributed by atoms with Crippen molar-refractivity contribution in [3.8, 4) is 5.75 Å². The summed E-state index contributed by atoms with van der Waals surface area (Å²) < 4.78 is 5.81. The summed E-state index contributed by atoms with van der Waals surface area (Å²) in [7, 11) is 1.75. The lowest BCUT2D eigenvalue weighted by Crippen LogP contribution is -2.39. The first-order valence-corrected chi connectivity index (χ1v) is 11.8. The van der Waals surface area contributed by atoms with Crippen LogP contribution in [0.3, 0.4) is 0 Å². The Bertz CT molecular complexity index is 1110. The molecule has 5 rings (SSSR count). The third-order valence-corrected chi connectivity index (χ3v) is 7.81. The van der Waals surface area contributed by atoms with Crippen LogP contribution in [-0.2, 0) is 6.54 Å². The van der Waals surface area contributed by atoms with Crippen LogP contribution >= 0.6 is 0 Å². The Labute approximate surface area is 189 Å². The molecule has 0 spiro atoms. The number of methoxy groups -OCH3 is 1. The van der Waals surface area contributed by atoms with Crippen LogP contribution in [0.4, 0.5) is 0 Å². The Morgan fingerprint density at radius 1 is 1.16 bits per heavy atom. The number of nitrogens with zero attached hydrogens (tertiary/aromatic N) is 1. The molecule has 1 aliphatic carbocycles. The summed E-state index contributed by atoms with van der Waals surface area (Å²) in [5, 5.41) is 10.5. The largest absolute Gasteiger partial charge is 0.496 e. The number of carboxylic acids is 1. The molecule has 3 aromatic rings. The number of carbonyl (C=O) groups is 1. The average Bonchev–Trinajstić information content (AvgIpc) is 3.26. The molecule has 1 saturated carbocycles. The monoisotopic (exact) mass is 432 g/mol. The Morgan fingerprint density at radius 2 is 1.94 bits per heavy atom. The van der Waals surface area contributed by atoms with E-state index in [1.807, 2.05) is 18.3 Å². The number of aryl methyl sites for hydroxylation is 1. The molecular weight excluding hydrogens is 400 g/mol. The molecule has 1 aliphatic heterocycles. The van der Waals surface area contributed by atoms with E-state index in [4.69, 9.17) is 4.74 Å². The van der Waals surface area contributed by atoms with Crippen LogP contribution in [0.1, 0.15) is 65.2 Å². The van der Waals surface area contributed by atoms with Gasteiger partial charge in [0.2, 0.25) is 0 Å². The van der Waals surface area contributed by atoms with Crippen LogP contribution in [0, 0.1) is 18.8 Å². The Kier molecular flexibility index (Phi) is 5.68. The summed E-state index contributed by atoms with van der Waals surface area (Å²) in [5.74, 6) is 1.69. The zero-order valence-corrected chi connectivity index (χ0v) is 18.9. The van der Waals surface area contributed by atoms with Gasteiger partial charge < -0.3 is 14.8 Å². The molecule has 5 nitrogen and oxygen atoms in total. The maximum Gasteiger partial charge on any atom is 0.335 e. The number of rotatable bonds is 6. The molecule has 2 aromatic carbocycles. The van der Waals surface area contributed by atoms with Gasteiger partial charge in [0, 0.05) is 35.2 Å². The molecule has 1 aromatic heterocycles. The van der Waals surface area contributed by atoms with Gasteiger partial charge >= 0.3 is 5.97 Å². The number of aromatic carboxylic acids is 1. The highest BCUT2D eigenvalue weighted by Crippen LogP contribution is 2.45. The number of hydrogen-bond acceptors (Lipinski definition) is 3. The molecule has 1 saturated heterocycles. The van der Waals surface area contributed by atoms with E-state index in [9.17, 15) is 9.90 Å². The van der Waals surface area contributed by atoms with Crippen LogP contribution in [0.5, 0.6) is 5.75 Å². The number of likely N-dealkylation sites (tertiary alicyclic amines) is 1. The molecule has 168 valence electrons. The van der Waals surface area contributed by atoms with E-state index in [0.29, 0.717) is 5.56 Å². The van der Waals surface area contributed by atoms with Crippen molar-refractivity contribution >= 4 is 16.9 Å². The van der Waals surface area contributed by atoms with Crippen molar-refractivity contribution in [1.82, 2.24) is 9.88 Å². The summed E-state index contributed by atoms with van der Waals surface area (Å²) in [6.07, 6.45) is 8.48. The second kappa shape index (κ2) is 8.62. The Balaban J connectivity index is 1.49. The van der Waals surface area contributed by atoms with Crippen molar-refractivity contribution in [2.45, 2.75) is 51.6 Å². The van der Waals surface area contributed by atoms with Crippen LogP contribution < -0.4 is 4.74 Å². The number of nitrogens with one attached hydrogen (secondary N) is 1. The molecule has 5 heteroatoms. The van der Waals surface area contributed by atoms with Crippen molar-refractivity contribution in [2.24, 2.45) is 11.8 Å². The summed E-state index contributed by atoms with van der Waals surface area (Å²) >= 11 is 0. The summed E-state index contributed by atoms with van der Waals surface area (Å²) in [6.45, 7) is 3.98. The van der Waals surface area contributed by atoms with Gasteiger partial charge in [0.1, 0.15) is 5.75 Å². The topological polar surface area (TPSA) is 65.6 Å². The van der Waals surface area contributed by atoms with Crippen LogP contribution in [-0.4, -0.2) is 34.6 Å². The van der Waals surface area contributed by atoms with E-state index in [2.05, 4.69) is 28.9 Å². The van der Waals surface area contributed by atoms with Gasteiger partial charge in [-0.2, -0.15) is 0 Å². The smallest absolute Gasteiger partial charge is 0.335 e. The lowest BCUT2D eigenvalue weighted by atomic mass is 9.70. The van der Waals surface area contributed by atoms with Gasteiger partial charge in [-0.05, 0) is 73.5 Å². The number of carboxylic acid groups (broad SMARTS) is 1. The van der Waals surface area contributed by atoms with Gasteiger partial charge in [0.15, 0.2) is 0 Å². The minimum atomic E-state index is -0.872. The van der Waals surface area contributed by atoms with Gasteiger partial charge in [-0.15, -0.1) is 0 Å². The molecule has 0 radical (unpaired) electrons. The summed E-state index contributed by atoms with van der Waals surface area (Å²) in [6, 6.07) is 12.1. The normalized spacial score (nSPS) is 22.1. The second-order valence-electron chi connectivity index (χ2n) is 9.53. The first-order valence-electron chi connectivity index (χ1n) is 11.8. The van der Waals surface area contributed by atoms with Crippen molar-refractivity contribution in [2.75, 3.05) is 13.7 Å². The highest BCUT2D eigenvalue weighted by Gasteiger charge is 2.36. The zero-order chi connectivity index (χ0) is 22.2. The molecule has 0 bridgehead atoms. The van der Waals surface area contributed by atoms with E-state index in [1.165, 1.54) is 53.3 Å². The number of H-pyrrole nitrogens is 1. The van der Waals surface area contributed by atoms with E-state index in [1.54, 1.807) is 19.2 Å². The standard InChI is InChI=1S/C27H32N2O3/c1-17-14-25(32-2)23(22-10-12-28-26(17)22)16-29-13-11-21(18-4-3-5-18)15-24(29)19-6-8-20(9-7-19)27(30)31/h6-10,12,14,18,21,24,28H,3-5,11,13,15-16H2,1-2H3,(H,30,31)/t21-,24-/m0/s1. The number of benzene rings is 2. The predicted molar refractivity (Wildman–Crippen MR) is 126 cm³/mol. The number of ether oxygens (including phenoxy) is 1. The zero-order valence-electron chi connectivity index (χ0n) is 18.9. The fraction of sp³-hybridized carbons (Fsp3) is 0.444. The third kappa shape index (κ3) is 3.79. The second-order valence-corrected chi connectivity index (χ2v) is 9.53. The fourth-order valence-electron chi connectivity index (χ4n) is 5.75. The van der Waals surface area contributed by atoms with Crippen LogP contribution in [0.25, 0.3) is 10.9 Å². The predicted octanol–water partition coefficient (Wildman–Crippen LogP) is 5.94. The van der Waals surface area contributed by atoms with Gasteiger partial charge in [0.25, 0.3) is 0 Å². The van der Waals surface area contributed by atoms with Crippen molar-refractivity contribution in [1.29, 1.82) is 0 Å². The molecular formula is C27H32N2O3. The van der Waals surface area contributed by atoms with E-state index < -0.39 is 5.97 Å². The van der Waals surface area contributed by atoms with E-state index >= 15 is 0 Å². The van der Waals surface area contributed by atoms with Crippen molar-refractivity contribution in [3.63, 3.8) is 0 Å². The summed E-state index contributed by atoms with van der Waals surface area (Å²) in [4.78, 5) is 17.3. The van der Waals surface area contributed by atoms with Gasteiger partial charge in [-0.25, -0.2) is 4.79 Å². The first-order chi connectivity index (χ1) is 15.5. The quantitative estimate of drug-likeness (QED) is 0.506. The highest BCUT2D eigenvalue weighted by atomic mass is 16.5. The number of aromatic nitrogens is 1. The van der Waals surface area contributed by atoms with E-state index in [-0.39, 0.29) is 6.04 Å². The van der Waals surface area contributed by atoms with Gasteiger partial charge in [-0.1, -0.05) is 31.4 Å². The molecule has 2 atom stereocenters. The number of piperidine rings is 1. The molecule has 32 heavy (non-hydrogen) atoms. The number of hydrogen-bond donors (Lipinski definition) is 2. The van der Waals surface area contributed by atoms with Crippen molar-refractivity contribution < 1.29 is 14.6 Å². The summed E-state index contributed by atoms with van der Waals surface area (Å²) in [5.41, 5.74) is 5.16. The maximum absolute atomic E-state index is 11.4. The SMILES string of the molecule is COc1cc(C)c2[nH]ccc2c1CN1CC[C@H](C2CCC2)C[C@H]1c1ccc(C(=O)O)cc1. The number of aromatic amines is 1. The molecule has 2 aliphatic rings. The minimum absolute atomic E-state index is 0.289. The highest BCUT2D eigenvalue weighted by molar-refractivity contribution is 5.88. The molecule has 2 fully saturated rings. The van der Waals surface area contributed by atoms with Gasteiger partial charge in [0.05, 0.1) is 12.7 Å². The minimum Gasteiger partial charge on any atom is -0.496 e. The molecule has 2 heterocycles. The van der Waals surface area contributed by atoms with Crippen molar-refractivity contribution in [3.05, 3.63) is 64.8 Å². The Morgan fingerprint density at radius 3 is 2.59 bits per heavy atom. The Hall–Kier alpha value is -2.79. The van der Waals surface area contributed by atoms with Crippen LogP contribution in [0.2, 0.25) is 0 Å². The first kappa shape index (κ1) is 21.1. The fourth-order valence-corrected chi connectivity index (χ4v) is 5.75. The molecule has 2 N–H and O–H groups in total. The maximum atomic E-state index is 11.4. The molecule has 0 unspecified atom stereocenters. The number of fused-ring (bicyclic) bond motifs is 1. The van der Waals surface area contributed by atoms with E-state index in [0.717, 1.165) is 37.1 Å². The lowest BCUT2D eigenvalue weighted by Gasteiger charge is -2.45. The third-order valence-electron chi connectivity index (χ3n) is 7.81. The van der Waals surface area contributed by atoms with Crippen LogP contribution in [0.15, 0.2) is 42.6 Å². The molecule has 0 amide bonds. The average molecular weight is 433 g/mol.